The SMILES string of the molecule is CC(C)c1cc(B(O)O)cnc1Br. The molecule has 70 valence electrons. The van der Waals surface area contributed by atoms with Gasteiger partial charge in [0.25, 0.3) is 0 Å². The second-order valence-electron chi connectivity index (χ2n) is 3.18. The highest BCUT2D eigenvalue weighted by Gasteiger charge is 2.14. The lowest BCUT2D eigenvalue weighted by molar-refractivity contribution is 0.425. The van der Waals surface area contributed by atoms with Crippen molar-refractivity contribution in [1.82, 2.24) is 4.98 Å². The van der Waals surface area contributed by atoms with Crippen molar-refractivity contribution in [2.75, 3.05) is 0 Å². The van der Waals surface area contributed by atoms with Gasteiger partial charge in [0.2, 0.25) is 0 Å². The van der Waals surface area contributed by atoms with Gasteiger partial charge in [-0.25, -0.2) is 4.98 Å². The third-order valence-electron chi connectivity index (χ3n) is 1.81. The summed E-state index contributed by atoms with van der Waals surface area (Å²) in [7, 11) is -1.45. The minimum absolute atomic E-state index is 0.306. The molecule has 2 N–H and O–H groups in total. The van der Waals surface area contributed by atoms with Crippen LogP contribution < -0.4 is 5.46 Å². The van der Waals surface area contributed by atoms with E-state index in [0.29, 0.717) is 11.4 Å². The summed E-state index contributed by atoms with van der Waals surface area (Å²) in [5.74, 6) is 0.306. The number of hydrogen-bond acceptors (Lipinski definition) is 3. The zero-order valence-corrected chi connectivity index (χ0v) is 9.12. The molecular weight excluding hydrogens is 233 g/mol. The molecule has 0 spiro atoms. The molecule has 1 rings (SSSR count). The van der Waals surface area contributed by atoms with Crippen molar-refractivity contribution in [2.24, 2.45) is 0 Å². The molecule has 5 heteroatoms. The summed E-state index contributed by atoms with van der Waals surface area (Å²) >= 11 is 3.31. The van der Waals surface area contributed by atoms with E-state index in [2.05, 4.69) is 20.9 Å². The molecule has 0 saturated carbocycles. The maximum absolute atomic E-state index is 8.92. The monoisotopic (exact) mass is 243 g/mol. The van der Waals surface area contributed by atoms with Crippen LogP contribution in [-0.2, 0) is 0 Å². The topological polar surface area (TPSA) is 53.4 Å². The average Bonchev–Trinajstić information content (AvgIpc) is 2.04. The Kier molecular flexibility index (Phi) is 3.47. The van der Waals surface area contributed by atoms with E-state index in [-0.39, 0.29) is 0 Å². The fraction of sp³-hybridized carbons (Fsp3) is 0.375. The van der Waals surface area contributed by atoms with E-state index in [1.54, 1.807) is 6.07 Å². The van der Waals surface area contributed by atoms with E-state index < -0.39 is 7.12 Å². The van der Waals surface area contributed by atoms with Crippen molar-refractivity contribution >= 4 is 28.5 Å². The van der Waals surface area contributed by atoms with Gasteiger partial charge in [-0.1, -0.05) is 19.9 Å². The minimum Gasteiger partial charge on any atom is -0.423 e. The standard InChI is InChI=1S/C8H11BBrNO2/c1-5(2)7-3-6(9(12)13)4-11-8(7)10/h3-5,12-13H,1-2H3. The maximum atomic E-state index is 8.92. The summed E-state index contributed by atoms with van der Waals surface area (Å²) in [5.41, 5.74) is 1.40. The highest BCUT2D eigenvalue weighted by molar-refractivity contribution is 9.10. The second kappa shape index (κ2) is 4.22. The van der Waals surface area contributed by atoms with Gasteiger partial charge < -0.3 is 10.0 Å². The minimum atomic E-state index is -1.45. The Labute approximate surface area is 86.1 Å². The van der Waals surface area contributed by atoms with Gasteiger partial charge in [-0.2, -0.15) is 0 Å². The predicted octanol–water partition coefficient (Wildman–Crippen LogP) is 0.647. The number of aromatic nitrogens is 1. The van der Waals surface area contributed by atoms with Gasteiger partial charge in [-0.3, -0.25) is 0 Å². The summed E-state index contributed by atoms with van der Waals surface area (Å²) in [6.45, 7) is 4.05. The van der Waals surface area contributed by atoms with Crippen LogP contribution in [-0.4, -0.2) is 22.2 Å². The van der Waals surface area contributed by atoms with Crippen molar-refractivity contribution in [2.45, 2.75) is 19.8 Å². The third kappa shape index (κ3) is 2.53. The molecule has 0 aliphatic heterocycles. The van der Waals surface area contributed by atoms with Gasteiger partial charge in [0.1, 0.15) is 4.60 Å². The molecule has 0 fully saturated rings. The van der Waals surface area contributed by atoms with Crippen molar-refractivity contribution in [3.05, 3.63) is 22.4 Å². The normalized spacial score (nSPS) is 10.6. The number of pyridine rings is 1. The first-order valence-electron chi connectivity index (χ1n) is 4.04. The van der Waals surface area contributed by atoms with E-state index in [9.17, 15) is 0 Å². The first kappa shape index (κ1) is 10.7. The molecule has 1 heterocycles. The molecule has 0 atom stereocenters. The van der Waals surface area contributed by atoms with Crippen LogP contribution in [0.5, 0.6) is 0 Å². The van der Waals surface area contributed by atoms with Crippen LogP contribution in [0.3, 0.4) is 0 Å². The molecule has 3 nitrogen and oxygen atoms in total. The zero-order valence-electron chi connectivity index (χ0n) is 7.53. The summed E-state index contributed by atoms with van der Waals surface area (Å²) < 4.78 is 0.756. The van der Waals surface area contributed by atoms with Crippen molar-refractivity contribution in [3.8, 4) is 0 Å². The summed E-state index contributed by atoms with van der Waals surface area (Å²) in [6, 6.07) is 1.74. The van der Waals surface area contributed by atoms with Crippen LogP contribution in [0.15, 0.2) is 16.9 Å². The Morgan fingerprint density at radius 2 is 2.08 bits per heavy atom. The summed E-state index contributed by atoms with van der Waals surface area (Å²) in [5, 5.41) is 17.8. The molecular formula is C8H11BBrNO2. The first-order valence-corrected chi connectivity index (χ1v) is 4.83. The molecule has 0 aromatic carbocycles. The Hall–Kier alpha value is -0.385. The van der Waals surface area contributed by atoms with Gasteiger partial charge in [-0.05, 0) is 27.4 Å². The van der Waals surface area contributed by atoms with Crippen molar-refractivity contribution in [1.29, 1.82) is 0 Å². The van der Waals surface area contributed by atoms with Crippen molar-refractivity contribution in [3.63, 3.8) is 0 Å². The molecule has 1 aromatic heterocycles. The second-order valence-corrected chi connectivity index (χ2v) is 3.93. The maximum Gasteiger partial charge on any atom is 0.490 e. The Balaban J connectivity index is 3.11. The summed E-state index contributed by atoms with van der Waals surface area (Å²) in [6.07, 6.45) is 1.45. The first-order chi connectivity index (χ1) is 6.02. The number of hydrogen-bond donors (Lipinski definition) is 2. The molecule has 0 unspecified atom stereocenters. The van der Waals surface area contributed by atoms with E-state index in [4.69, 9.17) is 10.0 Å². The van der Waals surface area contributed by atoms with E-state index in [0.717, 1.165) is 10.2 Å². The number of rotatable bonds is 2. The molecule has 0 aliphatic carbocycles. The lowest BCUT2D eigenvalue weighted by Gasteiger charge is -2.09. The van der Waals surface area contributed by atoms with Crippen LogP contribution in [0.1, 0.15) is 25.3 Å². The zero-order chi connectivity index (χ0) is 10.0. The highest BCUT2D eigenvalue weighted by Crippen LogP contribution is 2.20. The molecule has 13 heavy (non-hydrogen) atoms. The van der Waals surface area contributed by atoms with Gasteiger partial charge >= 0.3 is 7.12 Å². The van der Waals surface area contributed by atoms with Crippen LogP contribution in [0, 0.1) is 0 Å². The van der Waals surface area contributed by atoms with Gasteiger partial charge in [-0.15, -0.1) is 0 Å². The van der Waals surface area contributed by atoms with Crippen molar-refractivity contribution < 1.29 is 10.0 Å². The molecule has 0 radical (unpaired) electrons. The quantitative estimate of drug-likeness (QED) is 0.593. The fourth-order valence-corrected chi connectivity index (χ4v) is 1.70. The number of halogens is 1. The lowest BCUT2D eigenvalue weighted by Crippen LogP contribution is -2.30. The highest BCUT2D eigenvalue weighted by atomic mass is 79.9. The van der Waals surface area contributed by atoms with E-state index >= 15 is 0 Å². The van der Waals surface area contributed by atoms with Crippen LogP contribution in [0.2, 0.25) is 0 Å². The van der Waals surface area contributed by atoms with Gasteiger partial charge in [0.05, 0.1) is 0 Å². The molecule has 0 bridgehead atoms. The molecule has 1 aromatic rings. The number of nitrogens with zero attached hydrogens (tertiary/aromatic N) is 1. The Morgan fingerprint density at radius 3 is 2.54 bits per heavy atom. The van der Waals surface area contributed by atoms with E-state index in [1.807, 2.05) is 13.8 Å². The lowest BCUT2D eigenvalue weighted by atomic mass is 9.80. The summed E-state index contributed by atoms with van der Waals surface area (Å²) in [4.78, 5) is 4.02. The fourth-order valence-electron chi connectivity index (χ4n) is 1.03. The Bertz CT molecular complexity index is 304. The largest absolute Gasteiger partial charge is 0.490 e. The molecule has 0 aliphatic rings. The van der Waals surface area contributed by atoms with Crippen LogP contribution in [0.4, 0.5) is 0 Å². The molecule has 0 amide bonds. The van der Waals surface area contributed by atoms with Gasteiger partial charge in [0.15, 0.2) is 0 Å². The molecule has 0 saturated heterocycles. The van der Waals surface area contributed by atoms with Gasteiger partial charge in [0, 0.05) is 11.7 Å². The smallest absolute Gasteiger partial charge is 0.423 e. The third-order valence-corrected chi connectivity index (χ3v) is 2.47. The van der Waals surface area contributed by atoms with E-state index in [1.165, 1.54) is 6.20 Å². The average molecular weight is 244 g/mol. The van der Waals surface area contributed by atoms with Crippen LogP contribution >= 0.6 is 15.9 Å². The Morgan fingerprint density at radius 1 is 1.46 bits per heavy atom. The predicted molar refractivity (Wildman–Crippen MR) is 55.9 cm³/mol. The van der Waals surface area contributed by atoms with Crippen LogP contribution in [0.25, 0.3) is 0 Å².